The summed E-state index contributed by atoms with van der Waals surface area (Å²) < 4.78 is 11.7. The Bertz CT molecular complexity index is 866. The number of dihydropyridines is 1. The van der Waals surface area contributed by atoms with E-state index in [2.05, 4.69) is 12.2 Å². The maximum absolute atomic E-state index is 13.2. The molecule has 30 heavy (non-hydrogen) atoms. The van der Waals surface area contributed by atoms with Gasteiger partial charge in [-0.15, -0.1) is 0 Å². The molecule has 0 saturated heterocycles. The van der Waals surface area contributed by atoms with Gasteiger partial charge >= 0.3 is 5.97 Å². The number of para-hydroxylation sites is 1. The molecule has 1 aliphatic heterocycles. The third-order valence-electron chi connectivity index (χ3n) is 5.57. The molecule has 0 bridgehead atoms. The Morgan fingerprint density at radius 2 is 1.97 bits per heavy atom. The lowest BCUT2D eigenvalue weighted by Crippen LogP contribution is -2.34. The highest BCUT2D eigenvalue weighted by Crippen LogP contribution is 2.45. The highest BCUT2D eigenvalue weighted by molar-refractivity contribution is 6.04. The zero-order chi connectivity index (χ0) is 21.7. The molecule has 0 radical (unpaired) electrons. The molecule has 3 rings (SSSR count). The smallest absolute Gasteiger partial charge is 0.336 e. The molecule has 1 N–H and O–H groups in total. The molecule has 0 saturated carbocycles. The standard InChI is InChI=1S/C25H33NO4/c1-5-6-9-15-29-25(28)22-17(4)26-19-12-10-13-20(27)24(19)23(22)18-11-7-8-14-21(18)30-16(2)3/h7-8,11,14,16,23,26H,5-6,9-10,12-13,15H2,1-4H3/t23-/m0/s1. The van der Waals surface area contributed by atoms with Crippen LogP contribution in [0.4, 0.5) is 0 Å². The zero-order valence-electron chi connectivity index (χ0n) is 18.5. The number of esters is 1. The number of hydrogen-bond acceptors (Lipinski definition) is 5. The average molecular weight is 412 g/mol. The largest absolute Gasteiger partial charge is 0.491 e. The van der Waals surface area contributed by atoms with Crippen molar-refractivity contribution >= 4 is 11.8 Å². The number of unbranched alkanes of at least 4 members (excludes halogenated alkanes) is 2. The Kier molecular flexibility index (Phi) is 7.35. The quantitative estimate of drug-likeness (QED) is 0.472. The second-order valence-corrected chi connectivity index (χ2v) is 8.31. The molecule has 0 spiro atoms. The molecular formula is C25H33NO4. The number of allylic oxidation sites excluding steroid dienone is 3. The highest BCUT2D eigenvalue weighted by atomic mass is 16.5. The van der Waals surface area contributed by atoms with Gasteiger partial charge in [0.1, 0.15) is 5.75 Å². The number of hydrogen-bond donors (Lipinski definition) is 1. The summed E-state index contributed by atoms with van der Waals surface area (Å²) in [6.07, 6.45) is 5.04. The number of carbonyl (C=O) groups excluding carboxylic acids is 2. The minimum Gasteiger partial charge on any atom is -0.491 e. The van der Waals surface area contributed by atoms with Crippen LogP contribution in [-0.4, -0.2) is 24.5 Å². The van der Waals surface area contributed by atoms with Crippen molar-refractivity contribution < 1.29 is 19.1 Å². The van der Waals surface area contributed by atoms with Crippen LogP contribution in [-0.2, 0) is 14.3 Å². The van der Waals surface area contributed by atoms with Gasteiger partial charge in [-0.05, 0) is 46.1 Å². The van der Waals surface area contributed by atoms with Crippen molar-refractivity contribution in [3.05, 3.63) is 52.4 Å². The number of carbonyl (C=O) groups is 2. The Labute approximate surface area is 179 Å². The molecule has 5 nitrogen and oxygen atoms in total. The fourth-order valence-electron chi connectivity index (χ4n) is 4.24. The van der Waals surface area contributed by atoms with Crippen LogP contribution in [0, 0.1) is 0 Å². The lowest BCUT2D eigenvalue weighted by atomic mass is 9.75. The van der Waals surface area contributed by atoms with Gasteiger partial charge in [-0.25, -0.2) is 4.79 Å². The lowest BCUT2D eigenvalue weighted by molar-refractivity contribution is -0.139. The van der Waals surface area contributed by atoms with E-state index >= 15 is 0 Å². The first-order valence-corrected chi connectivity index (χ1v) is 11.1. The van der Waals surface area contributed by atoms with Crippen LogP contribution >= 0.6 is 0 Å². The Morgan fingerprint density at radius 3 is 2.70 bits per heavy atom. The zero-order valence-corrected chi connectivity index (χ0v) is 18.5. The molecule has 5 heteroatoms. The molecule has 1 aromatic carbocycles. The van der Waals surface area contributed by atoms with Gasteiger partial charge in [0.15, 0.2) is 5.78 Å². The second kappa shape index (κ2) is 9.96. The minimum atomic E-state index is -0.470. The molecule has 0 amide bonds. The Morgan fingerprint density at radius 1 is 1.20 bits per heavy atom. The van der Waals surface area contributed by atoms with E-state index in [9.17, 15) is 9.59 Å². The van der Waals surface area contributed by atoms with Gasteiger partial charge in [0.2, 0.25) is 0 Å². The van der Waals surface area contributed by atoms with E-state index in [1.54, 1.807) is 0 Å². The number of ether oxygens (including phenoxy) is 2. The normalized spacial score (nSPS) is 19.0. The topological polar surface area (TPSA) is 64.6 Å². The van der Waals surface area contributed by atoms with E-state index in [0.29, 0.717) is 29.9 Å². The number of Topliss-reactive ketones (excluding diaryl/α,β-unsaturated/α-hetero) is 1. The molecule has 1 aliphatic carbocycles. The predicted octanol–water partition coefficient (Wildman–Crippen LogP) is 5.18. The van der Waals surface area contributed by atoms with E-state index in [1.807, 2.05) is 45.0 Å². The van der Waals surface area contributed by atoms with Crippen molar-refractivity contribution in [2.45, 2.75) is 78.2 Å². The molecule has 1 heterocycles. The summed E-state index contributed by atoms with van der Waals surface area (Å²) in [6, 6.07) is 7.71. The van der Waals surface area contributed by atoms with Gasteiger partial charge in [0, 0.05) is 29.0 Å². The summed E-state index contributed by atoms with van der Waals surface area (Å²) in [5.74, 6) is -0.0290. The third-order valence-corrected chi connectivity index (χ3v) is 5.57. The molecule has 0 fully saturated rings. The first-order chi connectivity index (χ1) is 14.4. The summed E-state index contributed by atoms with van der Waals surface area (Å²) >= 11 is 0. The predicted molar refractivity (Wildman–Crippen MR) is 117 cm³/mol. The molecule has 2 aliphatic rings. The third kappa shape index (κ3) is 4.77. The molecular weight excluding hydrogens is 378 g/mol. The van der Waals surface area contributed by atoms with Crippen LogP contribution in [0.25, 0.3) is 0 Å². The fourth-order valence-corrected chi connectivity index (χ4v) is 4.24. The van der Waals surface area contributed by atoms with Crippen LogP contribution in [0.15, 0.2) is 46.8 Å². The maximum atomic E-state index is 13.2. The number of benzene rings is 1. The highest BCUT2D eigenvalue weighted by Gasteiger charge is 2.40. The number of ketones is 1. The van der Waals surface area contributed by atoms with Crippen molar-refractivity contribution in [2.75, 3.05) is 6.61 Å². The summed E-state index contributed by atoms with van der Waals surface area (Å²) in [6.45, 7) is 8.34. The van der Waals surface area contributed by atoms with Gasteiger partial charge in [0.05, 0.1) is 24.2 Å². The van der Waals surface area contributed by atoms with Crippen LogP contribution in [0.3, 0.4) is 0 Å². The maximum Gasteiger partial charge on any atom is 0.336 e. The van der Waals surface area contributed by atoms with Crippen LogP contribution in [0.5, 0.6) is 5.75 Å². The number of nitrogens with one attached hydrogen (secondary N) is 1. The van der Waals surface area contributed by atoms with Crippen molar-refractivity contribution in [3.8, 4) is 5.75 Å². The second-order valence-electron chi connectivity index (χ2n) is 8.31. The molecule has 162 valence electrons. The van der Waals surface area contributed by atoms with Gasteiger partial charge in [-0.2, -0.15) is 0 Å². The summed E-state index contributed by atoms with van der Waals surface area (Å²) in [5.41, 5.74) is 3.73. The van der Waals surface area contributed by atoms with Crippen molar-refractivity contribution in [1.82, 2.24) is 5.32 Å². The summed E-state index contributed by atoms with van der Waals surface area (Å²) in [7, 11) is 0. The van der Waals surface area contributed by atoms with Crippen LogP contribution < -0.4 is 10.1 Å². The van der Waals surface area contributed by atoms with E-state index in [1.165, 1.54) is 0 Å². The van der Waals surface area contributed by atoms with E-state index < -0.39 is 5.92 Å². The van der Waals surface area contributed by atoms with Crippen molar-refractivity contribution in [1.29, 1.82) is 0 Å². The number of rotatable bonds is 8. The van der Waals surface area contributed by atoms with E-state index in [-0.39, 0.29) is 17.9 Å². The van der Waals surface area contributed by atoms with Crippen molar-refractivity contribution in [2.24, 2.45) is 0 Å². The monoisotopic (exact) mass is 411 g/mol. The Hall–Kier alpha value is -2.56. The Balaban J connectivity index is 2.05. The fraction of sp³-hybridized carbons (Fsp3) is 0.520. The molecule has 1 aromatic rings. The van der Waals surface area contributed by atoms with Gasteiger partial charge in [-0.3, -0.25) is 4.79 Å². The first kappa shape index (κ1) is 22.1. The minimum absolute atomic E-state index is 0.0158. The molecule has 0 aromatic heterocycles. The molecule has 1 atom stereocenters. The van der Waals surface area contributed by atoms with E-state index in [0.717, 1.165) is 49.1 Å². The SMILES string of the molecule is CCCCCOC(=O)C1=C(C)NC2=C(C(=O)CCC2)[C@H]1c1ccccc1OC(C)C. The molecule has 0 unspecified atom stereocenters. The lowest BCUT2D eigenvalue weighted by Gasteiger charge is -2.35. The summed E-state index contributed by atoms with van der Waals surface area (Å²) in [5, 5.41) is 3.34. The van der Waals surface area contributed by atoms with Crippen molar-refractivity contribution in [3.63, 3.8) is 0 Å². The van der Waals surface area contributed by atoms with Crippen LogP contribution in [0.1, 0.15) is 77.7 Å². The average Bonchev–Trinajstić information content (AvgIpc) is 2.70. The first-order valence-electron chi connectivity index (χ1n) is 11.1. The van der Waals surface area contributed by atoms with Gasteiger partial charge < -0.3 is 14.8 Å². The van der Waals surface area contributed by atoms with Gasteiger partial charge in [-0.1, -0.05) is 38.0 Å². The van der Waals surface area contributed by atoms with Gasteiger partial charge in [0.25, 0.3) is 0 Å². The van der Waals surface area contributed by atoms with Crippen LogP contribution in [0.2, 0.25) is 0 Å². The van der Waals surface area contributed by atoms with E-state index in [4.69, 9.17) is 9.47 Å². The summed E-state index contributed by atoms with van der Waals surface area (Å²) in [4.78, 5) is 26.2.